The molecule has 0 radical (unpaired) electrons. The van der Waals surface area contributed by atoms with Crippen molar-refractivity contribution in [3.63, 3.8) is 0 Å². The van der Waals surface area contributed by atoms with Gasteiger partial charge in [0.25, 0.3) is 5.91 Å². The Bertz CT molecular complexity index is 922. The second-order valence-electron chi connectivity index (χ2n) is 6.16. The number of nitrogens with one attached hydrogen (secondary N) is 3. The van der Waals surface area contributed by atoms with Crippen LogP contribution in [0.1, 0.15) is 27.7 Å². The van der Waals surface area contributed by atoms with Crippen LogP contribution in [-0.2, 0) is 6.42 Å². The first kappa shape index (κ1) is 17.8. The van der Waals surface area contributed by atoms with Gasteiger partial charge in [-0.2, -0.15) is 0 Å². The number of benzene rings is 2. The highest BCUT2D eigenvalue weighted by Crippen LogP contribution is 2.31. The zero-order valence-corrected chi connectivity index (χ0v) is 15.2. The summed E-state index contributed by atoms with van der Waals surface area (Å²) in [4.78, 5) is 15.8. The van der Waals surface area contributed by atoms with Gasteiger partial charge in [0.05, 0.1) is 12.1 Å². The molecule has 6 heteroatoms. The average Bonchev–Trinajstić information content (AvgIpc) is 3.14. The monoisotopic (exact) mass is 375 g/mol. The number of halogens is 2. The molecular weight excluding hydrogens is 357 g/mol. The molecule has 0 unspecified atom stereocenters. The molecule has 0 aliphatic heterocycles. The van der Waals surface area contributed by atoms with Gasteiger partial charge in [0.2, 0.25) is 0 Å². The van der Waals surface area contributed by atoms with Crippen LogP contribution in [0.4, 0.5) is 0 Å². The first-order valence-electron chi connectivity index (χ1n) is 8.00. The van der Waals surface area contributed by atoms with Crippen LogP contribution in [0.3, 0.4) is 0 Å². The van der Waals surface area contributed by atoms with E-state index in [1.54, 1.807) is 0 Å². The molecule has 0 saturated heterocycles. The number of amides is 1. The van der Waals surface area contributed by atoms with Gasteiger partial charge in [-0.25, -0.2) is 0 Å². The molecule has 2 aromatic carbocycles. The maximum absolute atomic E-state index is 12.7. The maximum Gasteiger partial charge on any atom is 0.268 e. The Kier molecular flexibility index (Phi) is 5.04. The standard InChI is InChI=1S/C19H18ClN3O.ClH/c1-21-18-14-5-3-2-4-11(14)9-16(18)23-19(24)17-10-12-8-13(20)6-7-15(12)22-17;/h2-8,10,16,18,21-22H,9H2,1H3,(H,23,24);1H/t16-,18-;/m1./s1. The Balaban J connectivity index is 0.00000182. The molecule has 0 saturated carbocycles. The number of aromatic amines is 1. The average molecular weight is 376 g/mol. The molecule has 4 rings (SSSR count). The summed E-state index contributed by atoms with van der Waals surface area (Å²) in [5.74, 6) is -0.0969. The second kappa shape index (κ2) is 7.08. The van der Waals surface area contributed by atoms with E-state index in [1.165, 1.54) is 11.1 Å². The van der Waals surface area contributed by atoms with Gasteiger partial charge in [0, 0.05) is 15.9 Å². The lowest BCUT2D eigenvalue weighted by Crippen LogP contribution is -2.41. The highest BCUT2D eigenvalue weighted by molar-refractivity contribution is 6.31. The number of hydrogen-bond donors (Lipinski definition) is 3. The Labute approximate surface area is 157 Å². The summed E-state index contributed by atoms with van der Waals surface area (Å²) in [5.41, 5.74) is 4.00. The molecule has 0 spiro atoms. The van der Waals surface area contributed by atoms with E-state index in [9.17, 15) is 4.79 Å². The molecule has 1 aliphatic rings. The molecular formula is C19H19Cl2N3O. The zero-order chi connectivity index (χ0) is 16.7. The second-order valence-corrected chi connectivity index (χ2v) is 6.60. The maximum atomic E-state index is 12.7. The summed E-state index contributed by atoms with van der Waals surface area (Å²) < 4.78 is 0. The SMILES string of the molecule is CN[C@@H]1c2ccccc2C[C@H]1NC(=O)c1cc2cc(Cl)ccc2[nH]1.Cl. The smallest absolute Gasteiger partial charge is 0.268 e. The lowest BCUT2D eigenvalue weighted by atomic mass is 10.1. The molecule has 1 heterocycles. The van der Waals surface area contributed by atoms with Crippen LogP contribution < -0.4 is 10.6 Å². The fourth-order valence-corrected chi connectivity index (χ4v) is 3.74. The molecule has 0 bridgehead atoms. The van der Waals surface area contributed by atoms with Gasteiger partial charge in [-0.3, -0.25) is 4.79 Å². The van der Waals surface area contributed by atoms with E-state index in [-0.39, 0.29) is 30.4 Å². The number of H-pyrrole nitrogens is 1. The first-order valence-corrected chi connectivity index (χ1v) is 8.37. The fraction of sp³-hybridized carbons (Fsp3) is 0.211. The van der Waals surface area contributed by atoms with Crippen molar-refractivity contribution in [1.82, 2.24) is 15.6 Å². The van der Waals surface area contributed by atoms with Crippen molar-refractivity contribution in [2.24, 2.45) is 0 Å². The van der Waals surface area contributed by atoms with Gasteiger partial charge < -0.3 is 15.6 Å². The number of carbonyl (C=O) groups is 1. The van der Waals surface area contributed by atoms with Gasteiger partial charge in [-0.05, 0) is 48.9 Å². The van der Waals surface area contributed by atoms with Crippen LogP contribution in [-0.4, -0.2) is 24.0 Å². The van der Waals surface area contributed by atoms with Gasteiger partial charge in [0.15, 0.2) is 0 Å². The number of fused-ring (bicyclic) bond motifs is 2. The van der Waals surface area contributed by atoms with Crippen molar-refractivity contribution in [3.05, 3.63) is 70.4 Å². The van der Waals surface area contributed by atoms with Gasteiger partial charge >= 0.3 is 0 Å². The van der Waals surface area contributed by atoms with E-state index < -0.39 is 0 Å². The number of likely N-dealkylation sites (N-methyl/N-ethyl adjacent to an activating group) is 1. The molecule has 1 aliphatic carbocycles. The topological polar surface area (TPSA) is 56.9 Å². The predicted octanol–water partition coefficient (Wildman–Crippen LogP) is 3.86. The fourth-order valence-electron chi connectivity index (χ4n) is 3.56. The number of rotatable bonds is 3. The van der Waals surface area contributed by atoms with Crippen molar-refractivity contribution in [1.29, 1.82) is 0 Å². The lowest BCUT2D eigenvalue weighted by Gasteiger charge is -2.21. The van der Waals surface area contributed by atoms with E-state index in [0.29, 0.717) is 10.7 Å². The molecule has 1 aromatic heterocycles. The summed E-state index contributed by atoms with van der Waals surface area (Å²) in [6.07, 6.45) is 0.833. The molecule has 130 valence electrons. The van der Waals surface area contributed by atoms with E-state index in [2.05, 4.69) is 27.8 Å². The largest absolute Gasteiger partial charge is 0.351 e. The molecule has 3 aromatic rings. The van der Waals surface area contributed by atoms with E-state index in [1.807, 2.05) is 43.4 Å². The Morgan fingerprint density at radius 3 is 2.80 bits per heavy atom. The summed E-state index contributed by atoms with van der Waals surface area (Å²) in [6, 6.07) is 15.9. The van der Waals surface area contributed by atoms with E-state index >= 15 is 0 Å². The minimum Gasteiger partial charge on any atom is -0.351 e. The van der Waals surface area contributed by atoms with Crippen LogP contribution in [0.15, 0.2) is 48.5 Å². The van der Waals surface area contributed by atoms with E-state index in [4.69, 9.17) is 11.6 Å². The van der Waals surface area contributed by atoms with Crippen molar-refractivity contribution < 1.29 is 4.79 Å². The van der Waals surface area contributed by atoms with Crippen LogP contribution in [0.2, 0.25) is 5.02 Å². The quantitative estimate of drug-likeness (QED) is 0.650. The minimum atomic E-state index is -0.0969. The van der Waals surface area contributed by atoms with Crippen molar-refractivity contribution in [2.45, 2.75) is 18.5 Å². The molecule has 3 N–H and O–H groups in total. The third-order valence-corrected chi connectivity index (χ3v) is 4.92. The third-order valence-electron chi connectivity index (χ3n) is 4.69. The van der Waals surface area contributed by atoms with E-state index in [0.717, 1.165) is 17.3 Å². The van der Waals surface area contributed by atoms with Crippen LogP contribution >= 0.6 is 24.0 Å². The minimum absolute atomic E-state index is 0. The number of hydrogen-bond acceptors (Lipinski definition) is 2. The summed E-state index contributed by atoms with van der Waals surface area (Å²) in [5, 5.41) is 8.07. The van der Waals surface area contributed by atoms with Gasteiger partial charge in [-0.15, -0.1) is 12.4 Å². The Hall–Kier alpha value is -2.01. The highest BCUT2D eigenvalue weighted by Gasteiger charge is 2.32. The van der Waals surface area contributed by atoms with Crippen molar-refractivity contribution in [3.8, 4) is 0 Å². The zero-order valence-electron chi connectivity index (χ0n) is 13.7. The van der Waals surface area contributed by atoms with Gasteiger partial charge in [0.1, 0.15) is 5.69 Å². The highest BCUT2D eigenvalue weighted by atomic mass is 35.5. The summed E-state index contributed by atoms with van der Waals surface area (Å²) >= 11 is 6.01. The third kappa shape index (κ3) is 3.25. The number of aromatic nitrogens is 1. The molecule has 0 fully saturated rings. The summed E-state index contributed by atoms with van der Waals surface area (Å²) in [7, 11) is 1.93. The molecule has 1 amide bonds. The van der Waals surface area contributed by atoms with Crippen molar-refractivity contribution >= 4 is 40.8 Å². The lowest BCUT2D eigenvalue weighted by molar-refractivity contribution is 0.0926. The molecule has 4 nitrogen and oxygen atoms in total. The van der Waals surface area contributed by atoms with Crippen LogP contribution in [0.25, 0.3) is 10.9 Å². The Morgan fingerprint density at radius 2 is 2.00 bits per heavy atom. The molecule has 2 atom stereocenters. The normalized spacial score (nSPS) is 18.6. The Morgan fingerprint density at radius 1 is 1.20 bits per heavy atom. The predicted molar refractivity (Wildman–Crippen MR) is 104 cm³/mol. The molecule has 25 heavy (non-hydrogen) atoms. The van der Waals surface area contributed by atoms with Crippen LogP contribution in [0.5, 0.6) is 0 Å². The number of carbonyl (C=O) groups excluding carboxylic acids is 1. The van der Waals surface area contributed by atoms with Crippen molar-refractivity contribution in [2.75, 3.05) is 7.05 Å². The summed E-state index contributed by atoms with van der Waals surface area (Å²) in [6.45, 7) is 0. The first-order chi connectivity index (χ1) is 11.7. The van der Waals surface area contributed by atoms with Crippen LogP contribution in [0, 0.1) is 0 Å². The van der Waals surface area contributed by atoms with Gasteiger partial charge in [-0.1, -0.05) is 35.9 Å².